The molecule has 146 valence electrons. The lowest BCUT2D eigenvalue weighted by Crippen LogP contribution is -2.41. The number of hydrogen-bond donors (Lipinski definition) is 1. The van der Waals surface area contributed by atoms with E-state index in [9.17, 15) is 5.11 Å². The average molecular weight is 376 g/mol. The topological polar surface area (TPSA) is 38.7 Å². The molecule has 28 heavy (non-hydrogen) atoms. The van der Waals surface area contributed by atoms with Gasteiger partial charge in [-0.2, -0.15) is 0 Å². The number of benzene rings is 2. The third-order valence-electron chi connectivity index (χ3n) is 5.94. The summed E-state index contributed by atoms with van der Waals surface area (Å²) in [6.07, 6.45) is 3.32. The van der Waals surface area contributed by atoms with E-state index in [0.29, 0.717) is 16.5 Å². The molecule has 2 aromatic carbocycles. The largest absolute Gasteiger partial charge is 0.508 e. The highest BCUT2D eigenvalue weighted by Gasteiger charge is 2.52. The first kappa shape index (κ1) is 21.0. The molecule has 1 aliphatic heterocycles. The van der Waals surface area contributed by atoms with Gasteiger partial charge in [-0.05, 0) is 58.6 Å². The quantitative estimate of drug-likeness (QED) is 0.807. The van der Waals surface area contributed by atoms with Gasteiger partial charge in [-0.1, -0.05) is 54.7 Å². The molecule has 1 heterocycles. The van der Waals surface area contributed by atoms with Crippen LogP contribution >= 0.6 is 0 Å². The van der Waals surface area contributed by atoms with Gasteiger partial charge in [0.15, 0.2) is 0 Å². The molecule has 2 radical (unpaired) electrons. The summed E-state index contributed by atoms with van der Waals surface area (Å²) in [6, 6.07) is 10.00. The van der Waals surface area contributed by atoms with Crippen LogP contribution in [0.1, 0.15) is 58.6 Å². The Balaban J connectivity index is 2.05. The van der Waals surface area contributed by atoms with Crippen molar-refractivity contribution < 1.29 is 14.4 Å². The smallest absolute Gasteiger partial charge is 0.498 e. The van der Waals surface area contributed by atoms with E-state index in [1.807, 2.05) is 33.8 Å². The van der Waals surface area contributed by atoms with Crippen LogP contribution < -0.4 is 10.9 Å². The molecule has 1 aliphatic rings. The van der Waals surface area contributed by atoms with Gasteiger partial charge in [0.1, 0.15) is 13.6 Å². The Hall–Kier alpha value is -1.71. The van der Waals surface area contributed by atoms with Crippen LogP contribution in [0, 0.1) is 6.92 Å². The van der Waals surface area contributed by atoms with Crippen molar-refractivity contribution in [3.8, 4) is 16.9 Å². The van der Waals surface area contributed by atoms with Gasteiger partial charge in [0.25, 0.3) is 0 Å². The maximum absolute atomic E-state index is 11.1. The number of aromatic hydroxyl groups is 1. The van der Waals surface area contributed by atoms with Crippen molar-refractivity contribution >= 4 is 25.9 Å². The fourth-order valence-corrected chi connectivity index (χ4v) is 3.59. The molecule has 0 aliphatic carbocycles. The number of rotatable bonds is 5. The van der Waals surface area contributed by atoms with E-state index >= 15 is 0 Å². The van der Waals surface area contributed by atoms with E-state index in [1.54, 1.807) is 6.07 Å². The number of hydrogen-bond acceptors (Lipinski definition) is 3. The van der Waals surface area contributed by atoms with Crippen LogP contribution in [0.15, 0.2) is 30.3 Å². The molecular weight excluding hydrogens is 346 g/mol. The molecular formula is C23H30B2O3. The van der Waals surface area contributed by atoms with Crippen molar-refractivity contribution in [1.82, 2.24) is 0 Å². The Labute approximate surface area is 171 Å². The Morgan fingerprint density at radius 3 is 2.25 bits per heavy atom. The van der Waals surface area contributed by atoms with Gasteiger partial charge in [-0.3, -0.25) is 0 Å². The van der Waals surface area contributed by atoms with Gasteiger partial charge in [0, 0.05) is 11.0 Å². The van der Waals surface area contributed by atoms with Crippen molar-refractivity contribution in [1.29, 1.82) is 0 Å². The van der Waals surface area contributed by atoms with Gasteiger partial charge < -0.3 is 14.4 Å². The average Bonchev–Trinajstić information content (AvgIpc) is 2.81. The normalized spacial score (nSPS) is 17.9. The lowest BCUT2D eigenvalue weighted by atomic mass is 9.73. The third-order valence-corrected chi connectivity index (χ3v) is 5.94. The summed E-state index contributed by atoms with van der Waals surface area (Å²) in [5.74, 6) is 0.166. The minimum Gasteiger partial charge on any atom is -0.508 e. The molecule has 0 spiro atoms. The minimum atomic E-state index is -0.656. The van der Waals surface area contributed by atoms with E-state index < -0.39 is 18.3 Å². The van der Waals surface area contributed by atoms with Gasteiger partial charge in [0.05, 0.1) is 11.2 Å². The number of phenolic OH excluding ortho intramolecular Hbond substituents is 1. The third kappa shape index (κ3) is 4.01. The summed E-state index contributed by atoms with van der Waals surface area (Å²) in [5, 5.41) is 11.1. The van der Waals surface area contributed by atoms with E-state index in [1.165, 1.54) is 11.1 Å². The van der Waals surface area contributed by atoms with Gasteiger partial charge in [-0.25, -0.2) is 0 Å². The van der Waals surface area contributed by atoms with Crippen molar-refractivity contribution in [3.63, 3.8) is 0 Å². The van der Waals surface area contributed by atoms with Crippen LogP contribution in [0.2, 0.25) is 0 Å². The zero-order chi connectivity index (χ0) is 20.7. The molecule has 3 rings (SSSR count). The Morgan fingerprint density at radius 2 is 1.64 bits per heavy atom. The zero-order valence-corrected chi connectivity index (χ0v) is 17.9. The summed E-state index contributed by atoms with van der Waals surface area (Å²) in [5.41, 5.74) is 4.31. The molecule has 0 aromatic heterocycles. The second kappa shape index (κ2) is 7.61. The van der Waals surface area contributed by atoms with E-state index in [2.05, 4.69) is 32.0 Å². The lowest BCUT2D eigenvalue weighted by Gasteiger charge is -2.32. The molecule has 0 unspecified atom stereocenters. The van der Waals surface area contributed by atoms with Crippen LogP contribution in [0.5, 0.6) is 5.75 Å². The summed E-state index contributed by atoms with van der Waals surface area (Å²) in [4.78, 5) is 0. The summed E-state index contributed by atoms with van der Waals surface area (Å²) in [6.45, 7) is 12.3. The van der Waals surface area contributed by atoms with Crippen molar-refractivity contribution in [2.45, 2.75) is 72.0 Å². The lowest BCUT2D eigenvalue weighted by molar-refractivity contribution is 0.00578. The first-order chi connectivity index (χ1) is 13.0. The predicted molar refractivity (Wildman–Crippen MR) is 118 cm³/mol. The van der Waals surface area contributed by atoms with Crippen molar-refractivity contribution in [2.75, 3.05) is 0 Å². The van der Waals surface area contributed by atoms with Gasteiger partial charge >= 0.3 is 7.12 Å². The second-order valence-electron chi connectivity index (χ2n) is 8.91. The second-order valence-corrected chi connectivity index (χ2v) is 8.91. The van der Waals surface area contributed by atoms with Crippen LogP contribution in [0.3, 0.4) is 0 Å². The highest BCUT2D eigenvalue weighted by Crippen LogP contribution is 2.38. The molecule has 1 saturated heterocycles. The van der Waals surface area contributed by atoms with Crippen LogP contribution in [-0.2, 0) is 15.7 Å². The first-order valence-corrected chi connectivity index (χ1v) is 10.1. The fourth-order valence-electron chi connectivity index (χ4n) is 3.59. The molecule has 0 atom stereocenters. The molecule has 1 N–H and O–H groups in total. The maximum atomic E-state index is 11.1. The summed E-state index contributed by atoms with van der Waals surface area (Å²) < 4.78 is 12.3. The van der Waals surface area contributed by atoms with Crippen LogP contribution in [0.4, 0.5) is 0 Å². The van der Waals surface area contributed by atoms with Crippen molar-refractivity contribution in [3.05, 3.63) is 41.5 Å². The van der Waals surface area contributed by atoms with Gasteiger partial charge in [-0.15, -0.1) is 0 Å². The van der Waals surface area contributed by atoms with Crippen LogP contribution in [-0.4, -0.2) is 31.3 Å². The Morgan fingerprint density at radius 1 is 1.00 bits per heavy atom. The summed E-state index contributed by atoms with van der Waals surface area (Å²) >= 11 is 0. The number of aryl methyl sites for hydroxylation is 2. The van der Waals surface area contributed by atoms with Crippen LogP contribution in [0.25, 0.3) is 11.1 Å². The molecule has 1 fully saturated rings. The number of phenols is 1. The maximum Gasteiger partial charge on any atom is 0.498 e. The standard InChI is InChI=1S/C23H30B2O3/c1-7-8-9-16-10-15(2)11-17(12-16)19-13-18(24)14-20(21(19)26)25-27-22(3,4)23(5,6)28-25/h10-14,26H,7-9H2,1-6H3. The minimum absolute atomic E-state index is 0.166. The predicted octanol–water partition coefficient (Wildman–Crippen LogP) is 3.80. The molecule has 5 heteroatoms. The highest BCUT2D eigenvalue weighted by molar-refractivity contribution is 6.64. The van der Waals surface area contributed by atoms with E-state index in [4.69, 9.17) is 17.2 Å². The number of unbranched alkanes of at least 4 members (excludes halogenated alkanes) is 1. The highest BCUT2D eigenvalue weighted by atomic mass is 16.7. The van der Waals surface area contributed by atoms with Crippen molar-refractivity contribution in [2.24, 2.45) is 0 Å². The fraction of sp³-hybridized carbons (Fsp3) is 0.478. The molecule has 0 amide bonds. The summed E-state index contributed by atoms with van der Waals surface area (Å²) in [7, 11) is 5.55. The van der Waals surface area contributed by atoms with E-state index in [0.717, 1.165) is 24.8 Å². The Bertz CT molecular complexity index is 858. The van der Waals surface area contributed by atoms with Gasteiger partial charge in [0.2, 0.25) is 0 Å². The van der Waals surface area contributed by atoms with E-state index in [-0.39, 0.29) is 5.75 Å². The molecule has 0 bridgehead atoms. The first-order valence-electron chi connectivity index (χ1n) is 10.1. The monoisotopic (exact) mass is 376 g/mol. The SMILES string of the molecule is [B]c1cc(B2OC(C)(C)C(C)(C)O2)c(O)c(-c2cc(C)cc(CCCC)c2)c1. The Kier molecular flexibility index (Phi) is 5.71. The molecule has 0 saturated carbocycles. The zero-order valence-electron chi connectivity index (χ0n) is 17.9. The molecule has 2 aromatic rings. The molecule has 3 nitrogen and oxygen atoms in total.